The Balaban J connectivity index is 0.000000814. The van der Waals surface area contributed by atoms with E-state index < -0.39 is 0 Å². The van der Waals surface area contributed by atoms with E-state index in [1.165, 1.54) is 54.6 Å². The summed E-state index contributed by atoms with van der Waals surface area (Å²) in [4.78, 5) is 11.7. The van der Waals surface area contributed by atoms with Crippen LogP contribution in [-0.4, -0.2) is 28.7 Å². The maximum Gasteiger partial charge on any atom is 0.140 e. The van der Waals surface area contributed by atoms with Gasteiger partial charge in [-0.1, -0.05) is 31.4 Å². The molecule has 2 aliphatic carbocycles. The molecule has 1 aromatic heterocycles. The van der Waals surface area contributed by atoms with Crippen LogP contribution in [0, 0.1) is 0 Å². The Labute approximate surface area is 160 Å². The van der Waals surface area contributed by atoms with Crippen molar-refractivity contribution >= 4 is 23.1 Å². The van der Waals surface area contributed by atoms with Crippen molar-refractivity contribution in [3.63, 3.8) is 0 Å². The molecule has 1 aliphatic heterocycles. The molecule has 3 aliphatic rings. The van der Waals surface area contributed by atoms with Gasteiger partial charge in [-0.2, -0.15) is 0 Å². The molecule has 0 saturated heterocycles. The number of hydrogen-bond acceptors (Lipinski definition) is 4. The molecule has 1 N–H and O–H groups in total. The van der Waals surface area contributed by atoms with Crippen molar-refractivity contribution in [3.05, 3.63) is 46.4 Å². The molecule has 1 atom stereocenters. The van der Waals surface area contributed by atoms with Crippen LogP contribution in [0.25, 0.3) is 0 Å². The average Bonchev–Trinajstić information content (AvgIpc) is 3.37. The fourth-order valence-electron chi connectivity index (χ4n) is 5.15. The fourth-order valence-corrected chi connectivity index (χ4v) is 5.32. The highest BCUT2D eigenvalue weighted by molar-refractivity contribution is 6.30. The largest absolute Gasteiger partial charge is 0.400 e. The summed E-state index contributed by atoms with van der Waals surface area (Å²) in [5.74, 6) is 1.68. The standard InChI is InChI=1S/C20H22ClN3.CH4O/c1-13-4-6-16-18(13)19(23-12-22-16)24-11-20(8-2-3-9-20)15-10-14(21)5-7-17(15)24;1-2/h5,7,10,12-13H,2-4,6,8-9,11H2,1H3;2H,1H3/t13-;/m1./s1. The Morgan fingerprint density at radius 3 is 2.73 bits per heavy atom. The molecule has 26 heavy (non-hydrogen) atoms. The van der Waals surface area contributed by atoms with E-state index in [1.54, 1.807) is 6.33 Å². The molecule has 5 heteroatoms. The van der Waals surface area contributed by atoms with Gasteiger partial charge in [-0.3, -0.25) is 0 Å². The van der Waals surface area contributed by atoms with Crippen LogP contribution < -0.4 is 4.90 Å². The van der Waals surface area contributed by atoms with E-state index in [-0.39, 0.29) is 5.41 Å². The summed E-state index contributed by atoms with van der Waals surface area (Å²) in [6.45, 7) is 3.35. The number of halogens is 1. The normalized spacial score (nSPS) is 22.2. The smallest absolute Gasteiger partial charge is 0.140 e. The van der Waals surface area contributed by atoms with Crippen molar-refractivity contribution in [2.75, 3.05) is 18.6 Å². The zero-order chi connectivity index (χ0) is 18.3. The first-order valence-corrected chi connectivity index (χ1v) is 9.92. The summed E-state index contributed by atoms with van der Waals surface area (Å²) in [6.07, 6.45) is 9.18. The molecule has 1 fully saturated rings. The first-order chi connectivity index (χ1) is 12.7. The molecular formula is C21H26ClN3O. The molecule has 0 bridgehead atoms. The maximum absolute atomic E-state index is 7.00. The minimum atomic E-state index is 0.264. The van der Waals surface area contributed by atoms with Gasteiger partial charge in [0.1, 0.15) is 12.1 Å². The summed E-state index contributed by atoms with van der Waals surface area (Å²) in [5, 5.41) is 7.85. The minimum Gasteiger partial charge on any atom is -0.400 e. The number of aliphatic hydroxyl groups is 1. The van der Waals surface area contributed by atoms with Crippen molar-refractivity contribution < 1.29 is 5.11 Å². The van der Waals surface area contributed by atoms with E-state index in [0.29, 0.717) is 5.92 Å². The molecule has 2 heterocycles. The lowest BCUT2D eigenvalue weighted by molar-refractivity contribution is 0.399. The van der Waals surface area contributed by atoms with Gasteiger partial charge >= 0.3 is 0 Å². The number of anilines is 2. The predicted molar refractivity (Wildman–Crippen MR) is 106 cm³/mol. The quantitative estimate of drug-likeness (QED) is 0.785. The van der Waals surface area contributed by atoms with Gasteiger partial charge in [-0.25, -0.2) is 9.97 Å². The Kier molecular flexibility index (Phi) is 4.66. The molecule has 2 aromatic rings. The van der Waals surface area contributed by atoms with Crippen LogP contribution in [-0.2, 0) is 11.8 Å². The van der Waals surface area contributed by atoms with Crippen molar-refractivity contribution in [1.82, 2.24) is 9.97 Å². The third-order valence-electron chi connectivity index (χ3n) is 6.35. The Hall–Kier alpha value is -1.65. The van der Waals surface area contributed by atoms with Crippen LogP contribution in [0.5, 0.6) is 0 Å². The topological polar surface area (TPSA) is 49.3 Å². The molecular weight excluding hydrogens is 346 g/mol. The van der Waals surface area contributed by atoms with Crippen molar-refractivity contribution in [1.29, 1.82) is 0 Å². The van der Waals surface area contributed by atoms with Gasteiger partial charge in [0.15, 0.2) is 0 Å². The van der Waals surface area contributed by atoms with Gasteiger partial charge in [0.25, 0.3) is 0 Å². The lowest BCUT2D eigenvalue weighted by atomic mass is 9.81. The molecule has 5 rings (SSSR count). The fraction of sp³-hybridized carbons (Fsp3) is 0.524. The van der Waals surface area contributed by atoms with E-state index in [1.807, 2.05) is 6.07 Å². The zero-order valence-corrected chi connectivity index (χ0v) is 16.3. The highest BCUT2D eigenvalue weighted by Gasteiger charge is 2.46. The van der Waals surface area contributed by atoms with Gasteiger partial charge in [0.05, 0.1) is 0 Å². The second-order valence-electron chi connectivity index (χ2n) is 7.73. The number of aryl methyl sites for hydroxylation is 1. The van der Waals surface area contributed by atoms with Gasteiger partial charge in [0.2, 0.25) is 0 Å². The summed E-state index contributed by atoms with van der Waals surface area (Å²) in [5.41, 5.74) is 5.62. The van der Waals surface area contributed by atoms with Gasteiger partial charge in [0, 0.05) is 41.0 Å². The van der Waals surface area contributed by atoms with Crippen LogP contribution in [0.15, 0.2) is 24.5 Å². The van der Waals surface area contributed by atoms with E-state index in [0.717, 1.165) is 30.9 Å². The monoisotopic (exact) mass is 371 g/mol. The Morgan fingerprint density at radius 1 is 1.19 bits per heavy atom. The first-order valence-electron chi connectivity index (χ1n) is 9.54. The predicted octanol–water partition coefficient (Wildman–Crippen LogP) is 4.75. The van der Waals surface area contributed by atoms with Crippen molar-refractivity contribution in [3.8, 4) is 0 Å². The molecule has 0 unspecified atom stereocenters. The Bertz CT molecular complexity index is 817. The van der Waals surface area contributed by atoms with E-state index in [9.17, 15) is 0 Å². The molecule has 1 saturated carbocycles. The number of rotatable bonds is 1. The third kappa shape index (κ3) is 2.62. The number of nitrogens with zero attached hydrogens (tertiary/aromatic N) is 3. The lowest BCUT2D eigenvalue weighted by Crippen LogP contribution is -2.29. The number of hydrogen-bond donors (Lipinski definition) is 1. The maximum atomic E-state index is 7.00. The summed E-state index contributed by atoms with van der Waals surface area (Å²) in [7, 11) is 1.00. The van der Waals surface area contributed by atoms with Crippen molar-refractivity contribution in [2.45, 2.75) is 56.8 Å². The van der Waals surface area contributed by atoms with E-state index in [2.05, 4.69) is 28.9 Å². The second kappa shape index (κ2) is 6.82. The van der Waals surface area contributed by atoms with Gasteiger partial charge in [-0.15, -0.1) is 0 Å². The second-order valence-corrected chi connectivity index (χ2v) is 8.17. The van der Waals surface area contributed by atoms with Crippen LogP contribution in [0.2, 0.25) is 5.02 Å². The molecule has 1 aromatic carbocycles. The van der Waals surface area contributed by atoms with Crippen molar-refractivity contribution in [2.24, 2.45) is 0 Å². The molecule has 138 valence electrons. The van der Waals surface area contributed by atoms with E-state index in [4.69, 9.17) is 21.7 Å². The molecule has 1 spiro atoms. The summed E-state index contributed by atoms with van der Waals surface area (Å²) < 4.78 is 0. The molecule has 0 amide bonds. The summed E-state index contributed by atoms with van der Waals surface area (Å²) in [6, 6.07) is 6.41. The lowest BCUT2D eigenvalue weighted by Gasteiger charge is -2.26. The number of benzene rings is 1. The van der Waals surface area contributed by atoms with Crippen LogP contribution in [0.3, 0.4) is 0 Å². The SMILES string of the molecule is CO.C[C@@H]1CCc2ncnc(N3CC4(CCCC4)c4cc(Cl)ccc43)c21. The summed E-state index contributed by atoms with van der Waals surface area (Å²) >= 11 is 6.35. The highest BCUT2D eigenvalue weighted by Crippen LogP contribution is 2.54. The van der Waals surface area contributed by atoms with Gasteiger partial charge in [-0.05, 0) is 55.4 Å². The molecule has 0 radical (unpaired) electrons. The van der Waals surface area contributed by atoms with Crippen LogP contribution in [0.1, 0.15) is 61.8 Å². The number of aromatic nitrogens is 2. The highest BCUT2D eigenvalue weighted by atomic mass is 35.5. The molecule has 4 nitrogen and oxygen atoms in total. The number of aliphatic hydroxyl groups excluding tert-OH is 1. The van der Waals surface area contributed by atoms with E-state index >= 15 is 0 Å². The number of fused-ring (bicyclic) bond motifs is 3. The Morgan fingerprint density at radius 2 is 1.96 bits per heavy atom. The average molecular weight is 372 g/mol. The zero-order valence-electron chi connectivity index (χ0n) is 15.5. The van der Waals surface area contributed by atoms with Gasteiger partial charge < -0.3 is 10.0 Å². The van der Waals surface area contributed by atoms with Crippen LogP contribution in [0.4, 0.5) is 11.5 Å². The third-order valence-corrected chi connectivity index (χ3v) is 6.59. The minimum absolute atomic E-state index is 0.264. The van der Waals surface area contributed by atoms with Crippen LogP contribution >= 0.6 is 11.6 Å². The first kappa shape index (κ1) is 17.7.